The minimum absolute atomic E-state index is 0.145. The number of carbonyl (C=O) groups excluding carboxylic acids is 1. The Hall–Kier alpha value is -2.19. The van der Waals surface area contributed by atoms with Crippen molar-refractivity contribution in [1.82, 2.24) is 14.8 Å². The summed E-state index contributed by atoms with van der Waals surface area (Å²) in [6.07, 6.45) is 1.33. The van der Waals surface area contributed by atoms with Crippen LogP contribution >= 0.6 is 11.3 Å². The topological polar surface area (TPSA) is 99.8 Å². The molecule has 1 aromatic carbocycles. The van der Waals surface area contributed by atoms with E-state index in [0.717, 1.165) is 11.1 Å². The third kappa shape index (κ3) is 3.74. The molecule has 25 heavy (non-hydrogen) atoms. The molecule has 2 aromatic rings. The van der Waals surface area contributed by atoms with Gasteiger partial charge in [-0.05, 0) is 45.1 Å². The van der Waals surface area contributed by atoms with E-state index in [-0.39, 0.29) is 18.5 Å². The number of nitrogen functional groups attached to an aromatic ring is 1. The van der Waals surface area contributed by atoms with E-state index in [0.29, 0.717) is 29.2 Å². The molecule has 1 fully saturated rings. The average Bonchev–Trinajstić information content (AvgIpc) is 2.78. The smallest absolute Gasteiger partial charge is 0.308 e. The van der Waals surface area contributed by atoms with Gasteiger partial charge in [0.1, 0.15) is 0 Å². The molecular weight excluding hydrogens is 340 g/mol. The molecule has 1 saturated heterocycles. The van der Waals surface area contributed by atoms with Crippen LogP contribution < -0.4 is 5.73 Å². The van der Waals surface area contributed by atoms with E-state index in [9.17, 15) is 14.7 Å². The molecule has 0 spiro atoms. The molecule has 2 atom stereocenters. The van der Waals surface area contributed by atoms with E-state index >= 15 is 0 Å². The van der Waals surface area contributed by atoms with Gasteiger partial charge in [-0.15, -0.1) is 0 Å². The normalized spacial score (nSPS) is 21.5. The first kappa shape index (κ1) is 17.6. The van der Waals surface area contributed by atoms with Crippen molar-refractivity contribution in [2.24, 2.45) is 5.92 Å². The summed E-state index contributed by atoms with van der Waals surface area (Å²) in [4.78, 5) is 32.4. The van der Waals surface area contributed by atoms with Crippen LogP contribution in [0, 0.1) is 5.92 Å². The zero-order valence-electron chi connectivity index (χ0n) is 14.3. The fourth-order valence-corrected chi connectivity index (χ4v) is 3.94. The minimum atomic E-state index is -0.847. The molecule has 2 heterocycles. The van der Waals surface area contributed by atoms with Gasteiger partial charge in [-0.1, -0.05) is 11.3 Å². The average molecular weight is 362 g/mol. The molecule has 1 aliphatic rings. The summed E-state index contributed by atoms with van der Waals surface area (Å²) >= 11 is 1.38. The Bertz CT molecular complexity index is 804. The van der Waals surface area contributed by atoms with Crippen molar-refractivity contribution in [3.8, 4) is 0 Å². The van der Waals surface area contributed by atoms with Crippen molar-refractivity contribution in [1.29, 1.82) is 0 Å². The van der Waals surface area contributed by atoms with Crippen molar-refractivity contribution < 1.29 is 14.7 Å². The lowest BCUT2D eigenvalue weighted by Crippen LogP contribution is -2.43. The number of aliphatic carboxylic acids is 1. The summed E-state index contributed by atoms with van der Waals surface area (Å²) in [7, 11) is 3.91. The maximum Gasteiger partial charge on any atom is 0.308 e. The van der Waals surface area contributed by atoms with Crippen LogP contribution in [0.25, 0.3) is 10.2 Å². The van der Waals surface area contributed by atoms with E-state index in [1.54, 1.807) is 17.0 Å². The molecule has 3 rings (SSSR count). The Morgan fingerprint density at radius 2 is 2.08 bits per heavy atom. The highest BCUT2D eigenvalue weighted by molar-refractivity contribution is 7.22. The van der Waals surface area contributed by atoms with Gasteiger partial charge in [-0.3, -0.25) is 9.59 Å². The maximum absolute atomic E-state index is 13.0. The number of carboxylic acids is 1. The Morgan fingerprint density at radius 3 is 2.76 bits per heavy atom. The number of thiazole rings is 1. The van der Waals surface area contributed by atoms with Crippen LogP contribution in [0.15, 0.2) is 18.2 Å². The first-order chi connectivity index (χ1) is 11.8. The molecule has 0 radical (unpaired) electrons. The Balaban J connectivity index is 1.89. The summed E-state index contributed by atoms with van der Waals surface area (Å²) in [5.41, 5.74) is 6.94. The lowest BCUT2D eigenvalue weighted by atomic mass is 10.0. The van der Waals surface area contributed by atoms with E-state index in [2.05, 4.69) is 9.88 Å². The summed E-state index contributed by atoms with van der Waals surface area (Å²) in [5, 5.41) is 9.89. The van der Waals surface area contributed by atoms with Crippen molar-refractivity contribution in [2.75, 3.05) is 32.9 Å². The number of aromatic nitrogens is 1. The van der Waals surface area contributed by atoms with Crippen molar-refractivity contribution in [3.63, 3.8) is 0 Å². The van der Waals surface area contributed by atoms with Crippen molar-refractivity contribution >= 4 is 38.6 Å². The first-order valence-electron chi connectivity index (χ1n) is 8.19. The molecule has 0 aliphatic carbocycles. The first-order valence-corrected chi connectivity index (χ1v) is 9.01. The van der Waals surface area contributed by atoms with Gasteiger partial charge in [-0.2, -0.15) is 0 Å². The molecule has 7 nitrogen and oxygen atoms in total. The lowest BCUT2D eigenvalue weighted by molar-refractivity contribution is -0.142. The molecule has 1 aromatic heterocycles. The second-order valence-corrected chi connectivity index (χ2v) is 7.74. The number of amides is 1. The van der Waals surface area contributed by atoms with Crippen LogP contribution in [0.5, 0.6) is 0 Å². The highest BCUT2D eigenvalue weighted by Crippen LogP contribution is 2.26. The van der Waals surface area contributed by atoms with E-state index in [1.165, 1.54) is 11.3 Å². The van der Waals surface area contributed by atoms with Gasteiger partial charge in [0.15, 0.2) is 5.13 Å². The van der Waals surface area contributed by atoms with Crippen LogP contribution in [0.3, 0.4) is 0 Å². The summed E-state index contributed by atoms with van der Waals surface area (Å²) < 4.78 is 0.930. The molecule has 1 aliphatic heterocycles. The summed E-state index contributed by atoms with van der Waals surface area (Å²) in [5.74, 6) is -1.54. The van der Waals surface area contributed by atoms with Crippen molar-refractivity contribution in [3.05, 3.63) is 23.8 Å². The monoisotopic (exact) mass is 362 g/mol. The van der Waals surface area contributed by atoms with Crippen LogP contribution in [-0.4, -0.2) is 65.0 Å². The van der Waals surface area contributed by atoms with Gasteiger partial charge in [0.25, 0.3) is 5.91 Å². The SMILES string of the molecule is CN(C)[C@@H]1CC[C@H](C(=O)O)CN(C(=O)c2ccc3sc(N)nc3c2)C1. The second-order valence-electron chi connectivity index (χ2n) is 6.67. The minimum Gasteiger partial charge on any atom is -0.481 e. The Morgan fingerprint density at radius 1 is 1.32 bits per heavy atom. The van der Waals surface area contributed by atoms with Gasteiger partial charge in [0, 0.05) is 24.7 Å². The molecule has 3 N–H and O–H groups in total. The number of fused-ring (bicyclic) bond motifs is 1. The van der Waals surface area contributed by atoms with Crippen LogP contribution in [-0.2, 0) is 4.79 Å². The third-order valence-corrected chi connectivity index (χ3v) is 5.60. The van der Waals surface area contributed by atoms with E-state index in [1.807, 2.05) is 20.2 Å². The predicted molar refractivity (Wildman–Crippen MR) is 97.8 cm³/mol. The number of likely N-dealkylation sites (N-methyl/N-ethyl adjacent to an activating group) is 1. The Labute approximate surface area is 150 Å². The summed E-state index contributed by atoms with van der Waals surface area (Å²) in [6.45, 7) is 0.753. The largest absolute Gasteiger partial charge is 0.481 e. The van der Waals surface area contributed by atoms with Gasteiger partial charge >= 0.3 is 5.97 Å². The molecule has 0 unspecified atom stereocenters. The highest BCUT2D eigenvalue weighted by Gasteiger charge is 2.31. The molecular formula is C17H22N4O3S. The van der Waals surface area contributed by atoms with Crippen LogP contribution in [0.2, 0.25) is 0 Å². The number of carbonyl (C=O) groups is 2. The van der Waals surface area contributed by atoms with Crippen LogP contribution in [0.1, 0.15) is 23.2 Å². The number of rotatable bonds is 3. The molecule has 134 valence electrons. The zero-order valence-corrected chi connectivity index (χ0v) is 15.1. The van der Waals surface area contributed by atoms with E-state index < -0.39 is 11.9 Å². The fraction of sp³-hybridized carbons (Fsp3) is 0.471. The number of hydrogen-bond donors (Lipinski definition) is 2. The van der Waals surface area contributed by atoms with Crippen LogP contribution in [0.4, 0.5) is 5.13 Å². The van der Waals surface area contributed by atoms with Gasteiger partial charge in [0.05, 0.1) is 16.1 Å². The number of nitrogens with two attached hydrogens (primary N) is 1. The Kier molecular flexibility index (Phi) is 4.91. The number of carboxylic acid groups (broad SMARTS) is 1. The maximum atomic E-state index is 13.0. The number of benzene rings is 1. The van der Waals surface area contributed by atoms with Gasteiger partial charge in [-0.25, -0.2) is 4.98 Å². The number of likely N-dealkylation sites (tertiary alicyclic amines) is 1. The molecule has 0 bridgehead atoms. The number of anilines is 1. The molecule has 8 heteroatoms. The standard InChI is InChI=1S/C17H22N4O3S/c1-20(2)12-5-3-11(16(23)24)8-21(9-12)15(22)10-4-6-14-13(7-10)19-17(18)25-14/h4,6-7,11-12H,3,5,8-9H2,1-2H3,(H2,18,19)(H,23,24)/t11-,12+/m0/s1. The fourth-order valence-electron chi connectivity index (χ4n) is 3.22. The van der Waals surface area contributed by atoms with Gasteiger partial charge in [0.2, 0.25) is 0 Å². The zero-order chi connectivity index (χ0) is 18.1. The summed E-state index contributed by atoms with van der Waals surface area (Å²) in [6, 6.07) is 5.47. The molecule has 1 amide bonds. The third-order valence-electron chi connectivity index (χ3n) is 4.74. The second kappa shape index (κ2) is 6.97. The quantitative estimate of drug-likeness (QED) is 0.863. The lowest BCUT2D eigenvalue weighted by Gasteiger charge is -2.29. The predicted octanol–water partition coefficient (Wildman–Crippen LogP) is 1.75. The number of nitrogens with zero attached hydrogens (tertiary/aromatic N) is 3. The van der Waals surface area contributed by atoms with E-state index in [4.69, 9.17) is 5.73 Å². The highest BCUT2D eigenvalue weighted by atomic mass is 32.1. The number of hydrogen-bond acceptors (Lipinski definition) is 6. The van der Waals surface area contributed by atoms with Crippen molar-refractivity contribution in [2.45, 2.75) is 18.9 Å². The molecule has 0 saturated carbocycles. The van der Waals surface area contributed by atoms with Gasteiger partial charge < -0.3 is 20.6 Å².